The molecule has 3 nitrogen and oxygen atoms in total. The lowest BCUT2D eigenvalue weighted by molar-refractivity contribution is 0.628. The Bertz CT molecular complexity index is 1040. The van der Waals surface area contributed by atoms with Crippen molar-refractivity contribution in [2.45, 2.75) is 19.8 Å². The van der Waals surface area contributed by atoms with Crippen molar-refractivity contribution < 1.29 is 4.39 Å². The molecule has 0 spiro atoms. The summed E-state index contributed by atoms with van der Waals surface area (Å²) in [6, 6.07) is 14.9. The van der Waals surface area contributed by atoms with Crippen LogP contribution in [0.1, 0.15) is 25.3 Å². The maximum Gasteiger partial charge on any atom is 0.143 e. The maximum absolute atomic E-state index is 13.2. The Labute approximate surface area is 155 Å². The van der Waals surface area contributed by atoms with Gasteiger partial charge < -0.3 is 5.32 Å². The molecule has 0 atom stereocenters. The molecule has 0 unspecified atom stereocenters. The summed E-state index contributed by atoms with van der Waals surface area (Å²) in [6.45, 7) is 4.38. The first-order chi connectivity index (χ1) is 12.6. The predicted molar refractivity (Wildman–Crippen MR) is 107 cm³/mol. The van der Waals surface area contributed by atoms with Crippen molar-refractivity contribution in [1.82, 2.24) is 9.97 Å². The SMILES string of the molecule is CC(C)c1ccc(-c2csc3ncnc(Nc4ccc(F)cc4)c23)cc1. The molecular weight excluding hydrogens is 345 g/mol. The van der Waals surface area contributed by atoms with Crippen molar-refractivity contribution in [1.29, 1.82) is 0 Å². The average Bonchev–Trinajstić information content (AvgIpc) is 3.09. The van der Waals surface area contributed by atoms with E-state index in [0.717, 1.165) is 32.8 Å². The molecule has 0 saturated carbocycles. The fourth-order valence-electron chi connectivity index (χ4n) is 2.90. The van der Waals surface area contributed by atoms with Gasteiger partial charge in [0.15, 0.2) is 0 Å². The van der Waals surface area contributed by atoms with Crippen LogP contribution in [0.5, 0.6) is 0 Å². The van der Waals surface area contributed by atoms with Crippen molar-refractivity contribution in [2.75, 3.05) is 5.32 Å². The molecule has 0 fully saturated rings. The van der Waals surface area contributed by atoms with Crippen molar-refractivity contribution in [3.8, 4) is 11.1 Å². The Balaban J connectivity index is 1.77. The summed E-state index contributed by atoms with van der Waals surface area (Å²) in [5.74, 6) is 0.970. The quantitative estimate of drug-likeness (QED) is 0.458. The second-order valence-electron chi connectivity index (χ2n) is 6.46. The number of hydrogen-bond donors (Lipinski definition) is 1. The highest BCUT2D eigenvalue weighted by Crippen LogP contribution is 2.37. The van der Waals surface area contributed by atoms with Gasteiger partial charge in [-0.25, -0.2) is 14.4 Å². The van der Waals surface area contributed by atoms with Crippen LogP contribution >= 0.6 is 11.3 Å². The Morgan fingerprint density at radius 3 is 2.38 bits per heavy atom. The van der Waals surface area contributed by atoms with E-state index >= 15 is 0 Å². The summed E-state index contributed by atoms with van der Waals surface area (Å²) < 4.78 is 13.2. The van der Waals surface area contributed by atoms with Crippen LogP contribution in [0.2, 0.25) is 0 Å². The first kappa shape index (κ1) is 16.7. The molecule has 0 aliphatic carbocycles. The largest absolute Gasteiger partial charge is 0.340 e. The van der Waals surface area contributed by atoms with E-state index in [2.05, 4.69) is 58.8 Å². The number of nitrogens with one attached hydrogen (secondary N) is 1. The van der Waals surface area contributed by atoms with Crippen molar-refractivity contribution in [2.24, 2.45) is 0 Å². The molecule has 5 heteroatoms. The van der Waals surface area contributed by atoms with Gasteiger partial charge in [-0.3, -0.25) is 0 Å². The molecule has 0 amide bonds. The number of thiophene rings is 1. The number of rotatable bonds is 4. The van der Waals surface area contributed by atoms with Gasteiger partial charge in [0.25, 0.3) is 0 Å². The zero-order valence-corrected chi connectivity index (χ0v) is 15.3. The van der Waals surface area contributed by atoms with Crippen LogP contribution in [0.25, 0.3) is 21.3 Å². The van der Waals surface area contributed by atoms with Crippen molar-refractivity contribution in [3.63, 3.8) is 0 Å². The Morgan fingerprint density at radius 1 is 0.962 bits per heavy atom. The van der Waals surface area contributed by atoms with Gasteiger partial charge in [0.1, 0.15) is 22.8 Å². The summed E-state index contributed by atoms with van der Waals surface area (Å²) in [7, 11) is 0. The molecule has 0 saturated heterocycles. The van der Waals surface area contributed by atoms with Crippen LogP contribution < -0.4 is 5.32 Å². The smallest absolute Gasteiger partial charge is 0.143 e. The zero-order chi connectivity index (χ0) is 18.1. The normalized spacial score (nSPS) is 11.2. The van der Waals surface area contributed by atoms with Crippen LogP contribution in [0.4, 0.5) is 15.9 Å². The monoisotopic (exact) mass is 363 g/mol. The van der Waals surface area contributed by atoms with E-state index < -0.39 is 0 Å². The lowest BCUT2D eigenvalue weighted by atomic mass is 9.99. The van der Waals surface area contributed by atoms with Crippen LogP contribution in [0.3, 0.4) is 0 Å². The molecule has 2 aromatic carbocycles. The number of anilines is 2. The van der Waals surface area contributed by atoms with Gasteiger partial charge in [0.2, 0.25) is 0 Å². The number of fused-ring (bicyclic) bond motifs is 1. The summed E-state index contributed by atoms with van der Waals surface area (Å²) in [6.07, 6.45) is 1.55. The predicted octanol–water partition coefficient (Wildman–Crippen LogP) is 6.36. The van der Waals surface area contributed by atoms with Crippen LogP contribution in [0, 0.1) is 5.82 Å². The molecule has 2 aromatic heterocycles. The van der Waals surface area contributed by atoms with E-state index in [9.17, 15) is 4.39 Å². The van der Waals surface area contributed by atoms with Gasteiger partial charge in [0, 0.05) is 16.6 Å². The summed E-state index contributed by atoms with van der Waals surface area (Å²) >= 11 is 1.60. The molecule has 0 radical (unpaired) electrons. The number of benzene rings is 2. The molecule has 0 aliphatic heterocycles. The van der Waals surface area contributed by atoms with Gasteiger partial charge in [-0.2, -0.15) is 0 Å². The molecule has 1 N–H and O–H groups in total. The van der Waals surface area contributed by atoms with Crippen LogP contribution in [0.15, 0.2) is 60.2 Å². The lowest BCUT2D eigenvalue weighted by Crippen LogP contribution is -1.95. The Hall–Kier alpha value is -2.79. The van der Waals surface area contributed by atoms with E-state index in [-0.39, 0.29) is 5.82 Å². The number of hydrogen-bond acceptors (Lipinski definition) is 4. The van der Waals surface area contributed by atoms with Crippen molar-refractivity contribution >= 4 is 33.1 Å². The topological polar surface area (TPSA) is 37.8 Å². The van der Waals surface area contributed by atoms with Crippen LogP contribution in [-0.2, 0) is 0 Å². The maximum atomic E-state index is 13.2. The summed E-state index contributed by atoms with van der Waals surface area (Å²) in [5.41, 5.74) is 4.34. The van der Waals surface area contributed by atoms with E-state index in [1.54, 1.807) is 29.8 Å². The molecule has 130 valence electrons. The van der Waals surface area contributed by atoms with E-state index in [4.69, 9.17) is 0 Å². The molecule has 0 aliphatic rings. The van der Waals surface area contributed by atoms with Gasteiger partial charge in [0.05, 0.1) is 5.39 Å². The van der Waals surface area contributed by atoms with E-state index in [1.807, 2.05) is 0 Å². The molecule has 4 rings (SSSR count). The third-order valence-corrected chi connectivity index (χ3v) is 5.25. The average molecular weight is 363 g/mol. The molecule has 4 aromatic rings. The number of nitrogens with zero attached hydrogens (tertiary/aromatic N) is 2. The molecule has 26 heavy (non-hydrogen) atoms. The first-order valence-corrected chi connectivity index (χ1v) is 9.35. The first-order valence-electron chi connectivity index (χ1n) is 8.47. The summed E-state index contributed by atoms with van der Waals surface area (Å²) in [5, 5.41) is 6.38. The Morgan fingerprint density at radius 2 is 1.69 bits per heavy atom. The standard InChI is InChI=1S/C21H18FN3S/c1-13(2)14-3-5-15(6-4-14)18-11-26-21-19(18)20(23-12-24-21)25-17-9-7-16(22)8-10-17/h3-13H,1-2H3,(H,23,24,25). The third-order valence-electron chi connectivity index (χ3n) is 4.37. The van der Waals surface area contributed by atoms with Gasteiger partial charge in [-0.1, -0.05) is 38.1 Å². The van der Waals surface area contributed by atoms with Gasteiger partial charge >= 0.3 is 0 Å². The lowest BCUT2D eigenvalue weighted by Gasteiger charge is -2.09. The fourth-order valence-corrected chi connectivity index (χ4v) is 3.82. The fraction of sp³-hybridized carbons (Fsp3) is 0.143. The van der Waals surface area contributed by atoms with Crippen LogP contribution in [-0.4, -0.2) is 9.97 Å². The Kier molecular flexibility index (Phi) is 4.39. The van der Waals surface area contributed by atoms with Crippen molar-refractivity contribution in [3.05, 3.63) is 71.6 Å². The van der Waals surface area contributed by atoms with E-state index in [0.29, 0.717) is 5.92 Å². The number of halogens is 1. The van der Waals surface area contributed by atoms with E-state index in [1.165, 1.54) is 17.7 Å². The number of aromatic nitrogens is 2. The minimum absolute atomic E-state index is 0.259. The van der Waals surface area contributed by atoms with Gasteiger partial charge in [-0.15, -0.1) is 11.3 Å². The second-order valence-corrected chi connectivity index (χ2v) is 7.32. The van der Waals surface area contributed by atoms with Gasteiger partial charge in [-0.05, 0) is 41.3 Å². The third kappa shape index (κ3) is 3.18. The minimum Gasteiger partial charge on any atom is -0.340 e. The summed E-state index contributed by atoms with van der Waals surface area (Å²) in [4.78, 5) is 9.74. The second kappa shape index (κ2) is 6.84. The molecule has 2 heterocycles. The highest BCUT2D eigenvalue weighted by Gasteiger charge is 2.13. The highest BCUT2D eigenvalue weighted by molar-refractivity contribution is 7.17. The zero-order valence-electron chi connectivity index (χ0n) is 14.5. The molecular formula is C21H18FN3S. The highest BCUT2D eigenvalue weighted by atomic mass is 32.1. The molecule has 0 bridgehead atoms. The minimum atomic E-state index is -0.259.